The highest BCUT2D eigenvalue weighted by molar-refractivity contribution is 6.31. The molecule has 1 aromatic rings. The predicted octanol–water partition coefficient (Wildman–Crippen LogP) is 3.07. The Labute approximate surface area is 130 Å². The normalized spacial score (nSPS) is 18.6. The van der Waals surface area contributed by atoms with Gasteiger partial charge in [0.2, 0.25) is 0 Å². The third-order valence-electron chi connectivity index (χ3n) is 4.34. The van der Waals surface area contributed by atoms with Gasteiger partial charge in [0.05, 0.1) is 15.5 Å². The van der Waals surface area contributed by atoms with Crippen molar-refractivity contribution in [1.82, 2.24) is 10.2 Å². The third-order valence-corrected chi connectivity index (χ3v) is 4.69. The summed E-state index contributed by atoms with van der Waals surface area (Å²) >= 11 is 6.10. The largest absolute Gasteiger partial charge is 0.312 e. The molecule has 1 fully saturated rings. The molecule has 0 aliphatic carbocycles. The van der Waals surface area contributed by atoms with E-state index in [4.69, 9.17) is 11.6 Å². The van der Waals surface area contributed by atoms with Gasteiger partial charge in [-0.3, -0.25) is 10.1 Å². The number of nitrogens with one attached hydrogen (secondary N) is 1. The molecule has 1 aromatic carbocycles. The van der Waals surface area contributed by atoms with Crippen molar-refractivity contribution < 1.29 is 4.92 Å². The van der Waals surface area contributed by atoms with Crippen molar-refractivity contribution in [3.05, 3.63) is 38.9 Å². The van der Waals surface area contributed by atoms with Gasteiger partial charge in [-0.1, -0.05) is 24.6 Å². The summed E-state index contributed by atoms with van der Waals surface area (Å²) in [7, 11) is 2.14. The summed E-state index contributed by atoms with van der Waals surface area (Å²) in [5.41, 5.74) is 0.909. The van der Waals surface area contributed by atoms with Crippen molar-refractivity contribution in [2.24, 2.45) is 5.41 Å². The molecule has 5 nitrogen and oxygen atoms in total. The van der Waals surface area contributed by atoms with Crippen LogP contribution < -0.4 is 5.32 Å². The van der Waals surface area contributed by atoms with Crippen LogP contribution in [0.1, 0.15) is 25.3 Å². The molecule has 0 atom stereocenters. The molecular formula is C15H22ClN3O2. The fourth-order valence-electron chi connectivity index (χ4n) is 2.72. The van der Waals surface area contributed by atoms with Crippen molar-refractivity contribution in [1.29, 1.82) is 0 Å². The fourth-order valence-corrected chi connectivity index (χ4v) is 2.95. The highest BCUT2D eigenvalue weighted by Gasteiger charge is 2.28. The topological polar surface area (TPSA) is 58.4 Å². The molecule has 21 heavy (non-hydrogen) atoms. The van der Waals surface area contributed by atoms with Crippen LogP contribution in [0.3, 0.4) is 0 Å². The molecule has 116 valence electrons. The standard InChI is InChI=1S/C15H22ClN3O2/c1-15(6-8-18(2)9-7-15)11-17-10-12-13(16)4-3-5-14(12)19(20)21/h3-5,17H,6-11H2,1-2H3. The van der Waals surface area contributed by atoms with Gasteiger partial charge < -0.3 is 10.2 Å². The monoisotopic (exact) mass is 311 g/mol. The second-order valence-electron chi connectivity index (χ2n) is 6.21. The predicted molar refractivity (Wildman–Crippen MR) is 84.7 cm³/mol. The Morgan fingerprint density at radius 2 is 2.10 bits per heavy atom. The first-order valence-corrected chi connectivity index (χ1v) is 7.60. The smallest absolute Gasteiger partial charge is 0.275 e. The van der Waals surface area contributed by atoms with E-state index in [-0.39, 0.29) is 16.0 Å². The zero-order valence-corrected chi connectivity index (χ0v) is 13.3. The number of nitro groups is 1. The van der Waals surface area contributed by atoms with Crippen molar-refractivity contribution in [2.45, 2.75) is 26.3 Å². The van der Waals surface area contributed by atoms with Crippen LogP contribution in [0.4, 0.5) is 5.69 Å². The van der Waals surface area contributed by atoms with Gasteiger partial charge in [0.25, 0.3) is 5.69 Å². The number of nitrogens with zero attached hydrogens (tertiary/aromatic N) is 2. The van der Waals surface area contributed by atoms with Gasteiger partial charge in [0.15, 0.2) is 0 Å². The Morgan fingerprint density at radius 3 is 2.71 bits per heavy atom. The molecule has 0 spiro atoms. The Morgan fingerprint density at radius 1 is 1.43 bits per heavy atom. The van der Waals surface area contributed by atoms with E-state index >= 15 is 0 Å². The van der Waals surface area contributed by atoms with Gasteiger partial charge in [0, 0.05) is 19.2 Å². The maximum atomic E-state index is 11.1. The number of nitro benzene ring substituents is 1. The van der Waals surface area contributed by atoms with Gasteiger partial charge in [-0.2, -0.15) is 0 Å². The molecule has 1 aliphatic heterocycles. The fraction of sp³-hybridized carbons (Fsp3) is 0.600. The van der Waals surface area contributed by atoms with Gasteiger partial charge in [0.1, 0.15) is 0 Å². The lowest BCUT2D eigenvalue weighted by atomic mass is 9.80. The Hall–Kier alpha value is -1.17. The molecule has 0 unspecified atom stereocenters. The zero-order chi connectivity index (χ0) is 15.5. The van der Waals surface area contributed by atoms with E-state index in [2.05, 4.69) is 24.2 Å². The van der Waals surface area contributed by atoms with E-state index in [0.717, 1.165) is 32.5 Å². The maximum Gasteiger partial charge on any atom is 0.275 e. The van der Waals surface area contributed by atoms with Gasteiger partial charge >= 0.3 is 0 Å². The maximum absolute atomic E-state index is 11.1. The molecule has 1 N–H and O–H groups in total. The Balaban J connectivity index is 1.96. The number of piperidine rings is 1. The van der Waals surface area contributed by atoms with E-state index in [1.165, 1.54) is 6.07 Å². The molecule has 1 saturated heterocycles. The van der Waals surface area contributed by atoms with Crippen LogP contribution in [0.2, 0.25) is 5.02 Å². The van der Waals surface area contributed by atoms with E-state index in [1.807, 2.05) is 0 Å². The molecule has 0 radical (unpaired) electrons. The summed E-state index contributed by atoms with van der Waals surface area (Å²) in [6.07, 6.45) is 2.28. The number of benzene rings is 1. The SMILES string of the molecule is CN1CCC(C)(CNCc2c(Cl)cccc2[N+](=O)[O-])CC1. The number of likely N-dealkylation sites (tertiary alicyclic amines) is 1. The molecular weight excluding hydrogens is 290 g/mol. The van der Waals surface area contributed by atoms with Crippen LogP contribution in [0, 0.1) is 15.5 Å². The minimum Gasteiger partial charge on any atom is -0.312 e. The van der Waals surface area contributed by atoms with Crippen LogP contribution in [-0.2, 0) is 6.54 Å². The molecule has 0 bridgehead atoms. The Bertz CT molecular complexity index is 514. The van der Waals surface area contributed by atoms with Crippen molar-refractivity contribution in [2.75, 3.05) is 26.7 Å². The summed E-state index contributed by atoms with van der Waals surface area (Å²) in [6.45, 7) is 5.76. The second-order valence-corrected chi connectivity index (χ2v) is 6.62. The highest BCUT2D eigenvalue weighted by atomic mass is 35.5. The van der Waals surface area contributed by atoms with Crippen LogP contribution in [-0.4, -0.2) is 36.5 Å². The van der Waals surface area contributed by atoms with Crippen molar-refractivity contribution in [3.8, 4) is 0 Å². The lowest BCUT2D eigenvalue weighted by Gasteiger charge is -2.38. The molecule has 6 heteroatoms. The Kier molecular flexibility index (Phi) is 5.19. The van der Waals surface area contributed by atoms with Crippen molar-refractivity contribution in [3.63, 3.8) is 0 Å². The van der Waals surface area contributed by atoms with Crippen LogP contribution >= 0.6 is 11.6 Å². The molecule has 0 saturated carbocycles. The first-order chi connectivity index (χ1) is 9.91. The molecule has 1 aliphatic rings. The van der Waals surface area contributed by atoms with E-state index < -0.39 is 0 Å². The highest BCUT2D eigenvalue weighted by Crippen LogP contribution is 2.30. The van der Waals surface area contributed by atoms with Crippen LogP contribution in [0.15, 0.2) is 18.2 Å². The van der Waals surface area contributed by atoms with Crippen molar-refractivity contribution >= 4 is 17.3 Å². The quantitative estimate of drug-likeness (QED) is 0.670. The van der Waals surface area contributed by atoms with Gasteiger partial charge in [-0.15, -0.1) is 0 Å². The first-order valence-electron chi connectivity index (χ1n) is 7.22. The zero-order valence-electron chi connectivity index (χ0n) is 12.6. The third kappa shape index (κ3) is 4.15. The number of hydrogen-bond donors (Lipinski definition) is 1. The first kappa shape index (κ1) is 16.2. The summed E-state index contributed by atoms with van der Waals surface area (Å²) in [6, 6.07) is 4.81. The number of halogens is 1. The van der Waals surface area contributed by atoms with Crippen LogP contribution in [0.25, 0.3) is 0 Å². The minimum absolute atomic E-state index is 0.0866. The second kappa shape index (κ2) is 6.73. The number of rotatable bonds is 5. The summed E-state index contributed by atoms with van der Waals surface area (Å²) in [5.74, 6) is 0. The van der Waals surface area contributed by atoms with E-state index in [9.17, 15) is 10.1 Å². The molecule has 0 amide bonds. The molecule has 0 aromatic heterocycles. The summed E-state index contributed by atoms with van der Waals surface area (Å²) < 4.78 is 0. The molecule has 1 heterocycles. The van der Waals surface area contributed by atoms with E-state index in [1.54, 1.807) is 12.1 Å². The van der Waals surface area contributed by atoms with Gasteiger partial charge in [-0.05, 0) is 44.5 Å². The average molecular weight is 312 g/mol. The number of hydrogen-bond acceptors (Lipinski definition) is 4. The molecule has 2 rings (SSSR count). The van der Waals surface area contributed by atoms with Crippen LogP contribution in [0.5, 0.6) is 0 Å². The van der Waals surface area contributed by atoms with Gasteiger partial charge in [-0.25, -0.2) is 0 Å². The lowest BCUT2D eigenvalue weighted by molar-refractivity contribution is -0.385. The summed E-state index contributed by atoms with van der Waals surface area (Å²) in [4.78, 5) is 13.0. The summed E-state index contributed by atoms with van der Waals surface area (Å²) in [5, 5.41) is 14.9. The average Bonchev–Trinajstić information content (AvgIpc) is 2.44. The van der Waals surface area contributed by atoms with E-state index in [0.29, 0.717) is 17.1 Å². The minimum atomic E-state index is -0.375. The lowest BCUT2D eigenvalue weighted by Crippen LogP contribution is -2.41.